The first kappa shape index (κ1) is 19.5. The predicted octanol–water partition coefficient (Wildman–Crippen LogP) is 3.51. The molecule has 1 heterocycles. The number of rotatable bonds is 7. The van der Waals surface area contributed by atoms with Gasteiger partial charge in [-0.1, -0.05) is 42.5 Å². The van der Waals surface area contributed by atoms with Crippen LogP contribution in [0.3, 0.4) is 0 Å². The molecule has 3 aromatic rings. The highest BCUT2D eigenvalue weighted by Crippen LogP contribution is 2.14. The molecule has 3 rings (SSSR count). The smallest absolute Gasteiger partial charge is 0.257 e. The van der Waals surface area contributed by atoms with Crippen LogP contribution in [0.25, 0.3) is 0 Å². The van der Waals surface area contributed by atoms with Crippen LogP contribution in [0.15, 0.2) is 79.1 Å². The van der Waals surface area contributed by atoms with Gasteiger partial charge in [0.25, 0.3) is 5.91 Å². The van der Waals surface area contributed by atoms with Crippen molar-refractivity contribution in [2.24, 2.45) is 0 Å². The third-order valence-electron chi connectivity index (χ3n) is 4.00. The minimum Gasteiger partial charge on any atom is -0.493 e. The van der Waals surface area contributed by atoms with E-state index in [1.165, 1.54) is 5.56 Å². The highest BCUT2D eigenvalue weighted by atomic mass is 32.1. The molecule has 28 heavy (non-hydrogen) atoms. The molecule has 0 radical (unpaired) electrons. The van der Waals surface area contributed by atoms with E-state index in [1.54, 1.807) is 30.6 Å². The minimum absolute atomic E-state index is 0.268. The van der Waals surface area contributed by atoms with Gasteiger partial charge in [0.1, 0.15) is 5.75 Å². The molecule has 0 fully saturated rings. The van der Waals surface area contributed by atoms with E-state index in [4.69, 9.17) is 17.0 Å². The number of carbonyl (C=O) groups excluding carboxylic acids is 1. The lowest BCUT2D eigenvalue weighted by Gasteiger charge is -2.11. The van der Waals surface area contributed by atoms with Gasteiger partial charge in [-0.25, -0.2) is 0 Å². The summed E-state index contributed by atoms with van der Waals surface area (Å²) >= 11 is 5.19. The molecular formula is C22H21N3O2S. The summed E-state index contributed by atoms with van der Waals surface area (Å²) < 4.78 is 5.78. The highest BCUT2D eigenvalue weighted by Gasteiger charge is 2.09. The average Bonchev–Trinajstić information content (AvgIpc) is 2.74. The fraction of sp³-hybridized carbons (Fsp3) is 0.136. The van der Waals surface area contributed by atoms with Crippen molar-refractivity contribution in [3.05, 3.63) is 95.8 Å². The van der Waals surface area contributed by atoms with Gasteiger partial charge in [0.2, 0.25) is 0 Å². The van der Waals surface area contributed by atoms with Crippen LogP contribution in [0.2, 0.25) is 0 Å². The molecule has 0 saturated carbocycles. The summed E-state index contributed by atoms with van der Waals surface area (Å²) in [6, 6.07) is 21.0. The largest absolute Gasteiger partial charge is 0.493 e. The number of nitrogens with zero attached hydrogens (tertiary/aromatic N) is 1. The number of hydrogen-bond acceptors (Lipinski definition) is 4. The zero-order chi connectivity index (χ0) is 19.6. The maximum absolute atomic E-state index is 12.4. The number of aromatic nitrogens is 1. The lowest BCUT2D eigenvalue weighted by molar-refractivity contribution is 0.0976. The minimum atomic E-state index is -0.280. The second-order valence-electron chi connectivity index (χ2n) is 6.11. The van der Waals surface area contributed by atoms with Gasteiger partial charge >= 0.3 is 0 Å². The first-order valence-electron chi connectivity index (χ1n) is 8.95. The monoisotopic (exact) mass is 391 g/mol. The van der Waals surface area contributed by atoms with E-state index in [9.17, 15) is 4.79 Å². The van der Waals surface area contributed by atoms with Gasteiger partial charge in [0.15, 0.2) is 5.11 Å². The van der Waals surface area contributed by atoms with Crippen LogP contribution in [0.1, 0.15) is 21.5 Å². The summed E-state index contributed by atoms with van der Waals surface area (Å²) in [6.07, 6.45) is 4.26. The van der Waals surface area contributed by atoms with Crippen molar-refractivity contribution in [1.29, 1.82) is 0 Å². The maximum Gasteiger partial charge on any atom is 0.257 e. The summed E-state index contributed by atoms with van der Waals surface area (Å²) in [5, 5.41) is 5.94. The Kier molecular flexibility index (Phi) is 7.09. The molecule has 0 aliphatic rings. The predicted molar refractivity (Wildman–Crippen MR) is 113 cm³/mol. The van der Waals surface area contributed by atoms with E-state index in [0.717, 1.165) is 12.0 Å². The number of benzene rings is 2. The van der Waals surface area contributed by atoms with Crippen LogP contribution >= 0.6 is 12.2 Å². The lowest BCUT2D eigenvalue weighted by atomic mass is 10.2. The van der Waals surface area contributed by atoms with Crippen LogP contribution in [0.4, 0.5) is 0 Å². The molecule has 1 aromatic heterocycles. The summed E-state index contributed by atoms with van der Waals surface area (Å²) in [4.78, 5) is 16.4. The van der Waals surface area contributed by atoms with Gasteiger partial charge in [-0.3, -0.25) is 15.1 Å². The molecule has 6 heteroatoms. The van der Waals surface area contributed by atoms with Crippen LogP contribution < -0.4 is 15.4 Å². The van der Waals surface area contributed by atoms with E-state index < -0.39 is 0 Å². The third-order valence-corrected chi connectivity index (χ3v) is 4.25. The molecule has 0 atom stereocenters. The SMILES string of the molecule is O=C(NC(=S)NCc1cccnc1)c1cccc(OCCc2ccccc2)c1. The number of pyridine rings is 1. The molecule has 1 amide bonds. The van der Waals surface area contributed by atoms with Crippen molar-refractivity contribution < 1.29 is 9.53 Å². The van der Waals surface area contributed by atoms with Crippen molar-refractivity contribution in [3.63, 3.8) is 0 Å². The van der Waals surface area contributed by atoms with Crippen LogP contribution in [0, 0.1) is 0 Å². The lowest BCUT2D eigenvalue weighted by Crippen LogP contribution is -2.38. The van der Waals surface area contributed by atoms with E-state index in [2.05, 4.69) is 27.8 Å². The zero-order valence-corrected chi connectivity index (χ0v) is 16.1. The standard InChI is InChI=1S/C22H21N3O2S/c26-21(25-22(28)24-16-18-8-5-12-23-15-18)19-9-4-10-20(14-19)27-13-11-17-6-2-1-3-7-17/h1-10,12,14-15H,11,13,16H2,(H2,24,25,26,28). The van der Waals surface area contributed by atoms with Crippen molar-refractivity contribution in [2.45, 2.75) is 13.0 Å². The second kappa shape index (κ2) is 10.2. The third kappa shape index (κ3) is 6.17. The molecule has 0 aliphatic heterocycles. The second-order valence-corrected chi connectivity index (χ2v) is 6.52. The molecule has 0 aliphatic carbocycles. The molecule has 2 aromatic carbocycles. The van der Waals surface area contributed by atoms with Crippen molar-refractivity contribution >= 4 is 23.2 Å². The Balaban J connectivity index is 1.48. The molecule has 0 bridgehead atoms. The van der Waals surface area contributed by atoms with Crippen LogP contribution in [-0.2, 0) is 13.0 Å². The molecule has 0 spiro atoms. The highest BCUT2D eigenvalue weighted by molar-refractivity contribution is 7.80. The normalized spacial score (nSPS) is 10.1. The Labute approximate surface area is 169 Å². The number of nitrogens with one attached hydrogen (secondary N) is 2. The molecule has 5 nitrogen and oxygen atoms in total. The Morgan fingerprint density at radius 1 is 1.00 bits per heavy atom. The molecule has 2 N–H and O–H groups in total. The van der Waals surface area contributed by atoms with Gasteiger partial charge in [-0.15, -0.1) is 0 Å². The van der Waals surface area contributed by atoms with Gasteiger partial charge in [0.05, 0.1) is 6.61 Å². The maximum atomic E-state index is 12.4. The van der Waals surface area contributed by atoms with E-state index >= 15 is 0 Å². The van der Waals surface area contributed by atoms with Gasteiger partial charge in [-0.2, -0.15) is 0 Å². The Morgan fingerprint density at radius 2 is 1.82 bits per heavy atom. The number of thiocarbonyl (C=S) groups is 1. The Bertz CT molecular complexity index is 917. The number of ether oxygens (including phenoxy) is 1. The fourth-order valence-electron chi connectivity index (χ4n) is 2.56. The van der Waals surface area contributed by atoms with Crippen LogP contribution in [0.5, 0.6) is 5.75 Å². The van der Waals surface area contributed by atoms with Crippen LogP contribution in [-0.4, -0.2) is 22.6 Å². The number of carbonyl (C=O) groups is 1. The van der Waals surface area contributed by atoms with Crippen molar-refractivity contribution in [3.8, 4) is 5.75 Å². The van der Waals surface area contributed by atoms with E-state index in [-0.39, 0.29) is 11.0 Å². The topological polar surface area (TPSA) is 63.2 Å². The molecule has 142 valence electrons. The average molecular weight is 391 g/mol. The first-order valence-corrected chi connectivity index (χ1v) is 9.36. The quantitative estimate of drug-likeness (QED) is 0.604. The number of amides is 1. The summed E-state index contributed by atoms with van der Waals surface area (Å²) in [5.74, 6) is 0.370. The summed E-state index contributed by atoms with van der Waals surface area (Å²) in [6.45, 7) is 1.04. The molecular weight excluding hydrogens is 370 g/mol. The van der Waals surface area contributed by atoms with Crippen molar-refractivity contribution in [1.82, 2.24) is 15.6 Å². The summed E-state index contributed by atoms with van der Waals surface area (Å²) in [5.41, 5.74) is 2.68. The van der Waals surface area contributed by atoms with Gasteiger partial charge in [-0.05, 0) is 47.6 Å². The van der Waals surface area contributed by atoms with Gasteiger partial charge < -0.3 is 10.1 Å². The Morgan fingerprint density at radius 3 is 2.61 bits per heavy atom. The first-order chi connectivity index (χ1) is 13.7. The van der Waals surface area contributed by atoms with Gasteiger partial charge in [0, 0.05) is 30.9 Å². The molecule has 0 saturated heterocycles. The van der Waals surface area contributed by atoms with E-state index in [0.29, 0.717) is 24.5 Å². The zero-order valence-electron chi connectivity index (χ0n) is 15.3. The Hall–Kier alpha value is -3.25. The molecule has 0 unspecified atom stereocenters. The fourth-order valence-corrected chi connectivity index (χ4v) is 2.73. The van der Waals surface area contributed by atoms with E-state index in [1.807, 2.05) is 36.4 Å². The van der Waals surface area contributed by atoms with Crippen molar-refractivity contribution in [2.75, 3.05) is 6.61 Å². The number of hydrogen-bond donors (Lipinski definition) is 2. The summed E-state index contributed by atoms with van der Waals surface area (Å²) in [7, 11) is 0.